The molecular formula is C14H22O. The van der Waals surface area contributed by atoms with Crippen molar-refractivity contribution in [2.24, 2.45) is 5.92 Å². The van der Waals surface area contributed by atoms with Crippen LogP contribution in [0.1, 0.15) is 43.0 Å². The molecule has 0 saturated heterocycles. The van der Waals surface area contributed by atoms with Crippen LogP contribution in [0.15, 0.2) is 12.1 Å². The molecule has 0 spiro atoms. The van der Waals surface area contributed by atoms with Crippen LogP contribution in [-0.2, 0) is 5.60 Å². The van der Waals surface area contributed by atoms with Gasteiger partial charge in [0.1, 0.15) is 0 Å². The summed E-state index contributed by atoms with van der Waals surface area (Å²) in [6.07, 6.45) is 0. The summed E-state index contributed by atoms with van der Waals surface area (Å²) in [6, 6.07) is 4.27. The minimum atomic E-state index is -0.734. The van der Waals surface area contributed by atoms with Gasteiger partial charge in [-0.05, 0) is 55.9 Å². The molecule has 1 N–H and O–H groups in total. The molecule has 1 aromatic carbocycles. The first kappa shape index (κ1) is 12.3. The van der Waals surface area contributed by atoms with E-state index in [1.54, 1.807) is 0 Å². The fourth-order valence-corrected chi connectivity index (χ4v) is 1.82. The second-order valence-electron chi connectivity index (χ2n) is 5.05. The lowest BCUT2D eigenvalue weighted by Gasteiger charge is -2.30. The lowest BCUT2D eigenvalue weighted by Crippen LogP contribution is -2.29. The van der Waals surface area contributed by atoms with Gasteiger partial charge in [0.2, 0.25) is 0 Å². The maximum absolute atomic E-state index is 10.5. The average molecular weight is 206 g/mol. The molecule has 0 aliphatic rings. The second-order valence-corrected chi connectivity index (χ2v) is 5.05. The summed E-state index contributed by atoms with van der Waals surface area (Å²) in [4.78, 5) is 0. The van der Waals surface area contributed by atoms with Gasteiger partial charge in [0.25, 0.3) is 0 Å². The molecule has 0 aliphatic carbocycles. The summed E-state index contributed by atoms with van der Waals surface area (Å²) in [6.45, 7) is 12.3. The molecule has 0 saturated carbocycles. The maximum atomic E-state index is 10.5. The standard InChI is InChI=1S/C14H22O/c1-9(2)14(6,15)13-8-11(4)10(3)7-12(13)5/h7-9,15H,1-6H3/t14-/m1/s1. The van der Waals surface area contributed by atoms with Crippen LogP contribution in [0, 0.1) is 26.7 Å². The molecule has 0 aliphatic heterocycles. The Balaban J connectivity index is 3.32. The van der Waals surface area contributed by atoms with E-state index in [-0.39, 0.29) is 5.92 Å². The highest BCUT2D eigenvalue weighted by molar-refractivity contribution is 5.39. The van der Waals surface area contributed by atoms with E-state index in [0.717, 1.165) is 5.56 Å². The molecule has 0 fully saturated rings. The molecule has 84 valence electrons. The van der Waals surface area contributed by atoms with Gasteiger partial charge in [0.15, 0.2) is 0 Å². The third-order valence-electron chi connectivity index (χ3n) is 3.51. The van der Waals surface area contributed by atoms with Crippen molar-refractivity contribution in [2.75, 3.05) is 0 Å². The molecule has 0 unspecified atom stereocenters. The number of rotatable bonds is 2. The van der Waals surface area contributed by atoms with Crippen LogP contribution in [0.5, 0.6) is 0 Å². The van der Waals surface area contributed by atoms with Crippen molar-refractivity contribution in [3.8, 4) is 0 Å². The van der Waals surface area contributed by atoms with Crippen molar-refractivity contribution in [3.63, 3.8) is 0 Å². The van der Waals surface area contributed by atoms with Gasteiger partial charge in [0, 0.05) is 0 Å². The zero-order valence-electron chi connectivity index (χ0n) is 10.7. The normalized spacial score (nSPS) is 15.5. The molecule has 0 radical (unpaired) electrons. The fraction of sp³-hybridized carbons (Fsp3) is 0.571. The molecule has 0 amide bonds. The molecule has 1 aromatic rings. The van der Waals surface area contributed by atoms with Crippen molar-refractivity contribution < 1.29 is 5.11 Å². The van der Waals surface area contributed by atoms with E-state index in [0.29, 0.717) is 0 Å². The molecule has 0 heterocycles. The maximum Gasteiger partial charge on any atom is 0.0893 e. The van der Waals surface area contributed by atoms with Crippen molar-refractivity contribution in [3.05, 3.63) is 34.4 Å². The minimum absolute atomic E-state index is 0.221. The van der Waals surface area contributed by atoms with Gasteiger partial charge in [0.05, 0.1) is 5.60 Å². The first-order chi connectivity index (χ1) is 6.76. The molecule has 1 heteroatoms. The van der Waals surface area contributed by atoms with Crippen molar-refractivity contribution in [2.45, 2.75) is 47.1 Å². The fourth-order valence-electron chi connectivity index (χ4n) is 1.82. The van der Waals surface area contributed by atoms with E-state index in [9.17, 15) is 5.11 Å². The van der Waals surface area contributed by atoms with E-state index in [1.165, 1.54) is 16.7 Å². The Morgan fingerprint density at radius 3 is 1.93 bits per heavy atom. The summed E-state index contributed by atoms with van der Waals surface area (Å²) in [5.74, 6) is 0.221. The number of hydrogen-bond acceptors (Lipinski definition) is 1. The third-order valence-corrected chi connectivity index (χ3v) is 3.51. The number of aliphatic hydroxyl groups is 1. The van der Waals surface area contributed by atoms with Crippen molar-refractivity contribution in [1.29, 1.82) is 0 Å². The number of hydrogen-bond donors (Lipinski definition) is 1. The molecule has 0 bridgehead atoms. The predicted octanol–water partition coefficient (Wildman–Crippen LogP) is 3.48. The molecule has 0 aromatic heterocycles. The van der Waals surface area contributed by atoms with Crippen LogP contribution >= 0.6 is 0 Å². The quantitative estimate of drug-likeness (QED) is 0.785. The lowest BCUT2D eigenvalue weighted by molar-refractivity contribution is 0.00841. The zero-order valence-corrected chi connectivity index (χ0v) is 10.7. The molecule has 1 rings (SSSR count). The summed E-state index contributed by atoms with van der Waals surface area (Å²) < 4.78 is 0. The van der Waals surface area contributed by atoms with Gasteiger partial charge in [-0.3, -0.25) is 0 Å². The summed E-state index contributed by atoms with van der Waals surface area (Å²) in [5, 5.41) is 10.5. The van der Waals surface area contributed by atoms with Crippen LogP contribution in [0.4, 0.5) is 0 Å². The Labute approximate surface area is 93.1 Å². The molecule has 1 atom stereocenters. The van der Waals surface area contributed by atoms with Crippen LogP contribution in [0.2, 0.25) is 0 Å². The van der Waals surface area contributed by atoms with Gasteiger partial charge in [-0.25, -0.2) is 0 Å². The SMILES string of the molecule is Cc1cc(C)c([C@](C)(O)C(C)C)cc1C. The molecular weight excluding hydrogens is 184 g/mol. The highest BCUT2D eigenvalue weighted by Crippen LogP contribution is 2.32. The molecule has 1 nitrogen and oxygen atoms in total. The Hall–Kier alpha value is -0.820. The van der Waals surface area contributed by atoms with E-state index >= 15 is 0 Å². The summed E-state index contributed by atoms with van der Waals surface area (Å²) in [5.41, 5.74) is 4.03. The number of aryl methyl sites for hydroxylation is 3. The highest BCUT2D eigenvalue weighted by Gasteiger charge is 2.28. The second kappa shape index (κ2) is 3.97. The third kappa shape index (κ3) is 2.23. The topological polar surface area (TPSA) is 20.2 Å². The predicted molar refractivity (Wildman–Crippen MR) is 65.1 cm³/mol. The zero-order chi connectivity index (χ0) is 11.8. The highest BCUT2D eigenvalue weighted by atomic mass is 16.3. The first-order valence-electron chi connectivity index (χ1n) is 5.57. The van der Waals surface area contributed by atoms with E-state index in [1.807, 2.05) is 6.92 Å². The summed E-state index contributed by atoms with van der Waals surface area (Å²) in [7, 11) is 0. The van der Waals surface area contributed by atoms with Crippen LogP contribution < -0.4 is 0 Å². The average Bonchev–Trinajstić information content (AvgIpc) is 2.10. The van der Waals surface area contributed by atoms with Crippen molar-refractivity contribution in [1.82, 2.24) is 0 Å². The van der Waals surface area contributed by atoms with Crippen LogP contribution in [0.25, 0.3) is 0 Å². The van der Waals surface area contributed by atoms with Gasteiger partial charge in [-0.2, -0.15) is 0 Å². The molecule has 15 heavy (non-hydrogen) atoms. The van der Waals surface area contributed by atoms with E-state index in [2.05, 4.69) is 46.8 Å². The Morgan fingerprint density at radius 1 is 1.00 bits per heavy atom. The Morgan fingerprint density at radius 2 is 1.47 bits per heavy atom. The van der Waals surface area contributed by atoms with Crippen LogP contribution in [0.3, 0.4) is 0 Å². The van der Waals surface area contributed by atoms with E-state index in [4.69, 9.17) is 0 Å². The first-order valence-corrected chi connectivity index (χ1v) is 5.57. The Bertz CT molecular complexity index is 362. The Kier molecular flexibility index (Phi) is 3.25. The minimum Gasteiger partial charge on any atom is -0.385 e. The largest absolute Gasteiger partial charge is 0.385 e. The van der Waals surface area contributed by atoms with Gasteiger partial charge in [-0.15, -0.1) is 0 Å². The van der Waals surface area contributed by atoms with Gasteiger partial charge in [-0.1, -0.05) is 26.0 Å². The van der Waals surface area contributed by atoms with E-state index < -0.39 is 5.60 Å². The monoisotopic (exact) mass is 206 g/mol. The van der Waals surface area contributed by atoms with Crippen LogP contribution in [-0.4, -0.2) is 5.11 Å². The number of benzene rings is 1. The van der Waals surface area contributed by atoms with Gasteiger partial charge < -0.3 is 5.11 Å². The van der Waals surface area contributed by atoms with Gasteiger partial charge >= 0.3 is 0 Å². The van der Waals surface area contributed by atoms with Crippen molar-refractivity contribution >= 4 is 0 Å². The lowest BCUT2D eigenvalue weighted by atomic mass is 9.81. The summed E-state index contributed by atoms with van der Waals surface area (Å²) >= 11 is 0. The smallest absolute Gasteiger partial charge is 0.0893 e.